The van der Waals surface area contributed by atoms with Crippen molar-refractivity contribution in [3.63, 3.8) is 0 Å². The maximum Gasteiger partial charge on any atom is 0.221 e. The predicted octanol–water partition coefficient (Wildman–Crippen LogP) is 1.24. The van der Waals surface area contributed by atoms with Gasteiger partial charge in [-0.25, -0.2) is 0 Å². The summed E-state index contributed by atoms with van der Waals surface area (Å²) in [7, 11) is 0. The standard InChI is InChI=1S/C4H7NO.C3H6/c1-2-3-4(5)6;1-3-2/h2H,1,3H2,(H2,5,6);3H,1H2,2H3. The van der Waals surface area contributed by atoms with E-state index in [1.807, 2.05) is 6.92 Å². The van der Waals surface area contributed by atoms with Crippen molar-refractivity contribution in [3.05, 3.63) is 25.3 Å². The van der Waals surface area contributed by atoms with Gasteiger partial charge in [0.15, 0.2) is 0 Å². The van der Waals surface area contributed by atoms with Gasteiger partial charge in [0.25, 0.3) is 0 Å². The van der Waals surface area contributed by atoms with Gasteiger partial charge < -0.3 is 5.73 Å². The molecule has 0 atom stereocenters. The molecule has 0 aliphatic rings. The molecule has 0 aliphatic carbocycles. The van der Waals surface area contributed by atoms with Crippen molar-refractivity contribution in [1.82, 2.24) is 0 Å². The van der Waals surface area contributed by atoms with E-state index < -0.39 is 0 Å². The van der Waals surface area contributed by atoms with E-state index in [4.69, 9.17) is 5.73 Å². The van der Waals surface area contributed by atoms with E-state index >= 15 is 0 Å². The van der Waals surface area contributed by atoms with Crippen molar-refractivity contribution in [2.75, 3.05) is 0 Å². The van der Waals surface area contributed by atoms with Gasteiger partial charge in [-0.2, -0.15) is 0 Å². The van der Waals surface area contributed by atoms with Crippen LogP contribution in [0.5, 0.6) is 0 Å². The molecule has 0 aromatic heterocycles. The van der Waals surface area contributed by atoms with Gasteiger partial charge in [-0.1, -0.05) is 12.2 Å². The normalized spacial score (nSPS) is 6.33. The van der Waals surface area contributed by atoms with Gasteiger partial charge >= 0.3 is 0 Å². The Morgan fingerprint density at radius 1 is 1.67 bits per heavy atom. The number of primary amides is 1. The Morgan fingerprint density at radius 2 is 2.00 bits per heavy atom. The molecular formula is C7H13NO. The van der Waals surface area contributed by atoms with Crippen LogP contribution in [0.15, 0.2) is 25.3 Å². The molecular weight excluding hydrogens is 114 g/mol. The molecule has 52 valence electrons. The topological polar surface area (TPSA) is 43.1 Å². The lowest BCUT2D eigenvalue weighted by Crippen LogP contribution is -2.07. The smallest absolute Gasteiger partial charge is 0.221 e. The zero-order valence-electron chi connectivity index (χ0n) is 5.76. The molecule has 0 saturated carbocycles. The van der Waals surface area contributed by atoms with Gasteiger partial charge in [0.2, 0.25) is 5.91 Å². The van der Waals surface area contributed by atoms with Crippen LogP contribution >= 0.6 is 0 Å². The van der Waals surface area contributed by atoms with Crippen LogP contribution in [0, 0.1) is 0 Å². The van der Waals surface area contributed by atoms with Crippen LogP contribution in [-0.4, -0.2) is 5.91 Å². The lowest BCUT2D eigenvalue weighted by molar-refractivity contribution is -0.117. The molecule has 0 bridgehead atoms. The van der Waals surface area contributed by atoms with Gasteiger partial charge in [0.05, 0.1) is 0 Å². The summed E-state index contributed by atoms with van der Waals surface area (Å²) in [6, 6.07) is 0. The number of amides is 1. The summed E-state index contributed by atoms with van der Waals surface area (Å²) in [5.74, 6) is -0.329. The largest absolute Gasteiger partial charge is 0.369 e. The second-order valence-electron chi connectivity index (χ2n) is 1.37. The van der Waals surface area contributed by atoms with Crippen LogP contribution in [0.4, 0.5) is 0 Å². The number of carbonyl (C=O) groups excluding carboxylic acids is 1. The maximum atomic E-state index is 9.75. The van der Waals surface area contributed by atoms with Crippen molar-refractivity contribution in [2.24, 2.45) is 5.73 Å². The van der Waals surface area contributed by atoms with Gasteiger partial charge in [-0.05, 0) is 6.92 Å². The minimum absolute atomic E-state index is 0.278. The quantitative estimate of drug-likeness (QED) is 0.557. The highest BCUT2D eigenvalue weighted by Gasteiger charge is 1.80. The SMILES string of the molecule is C=CC.C=CCC(N)=O. The van der Waals surface area contributed by atoms with E-state index in [0.717, 1.165) is 0 Å². The van der Waals surface area contributed by atoms with Crippen LogP contribution in [0.2, 0.25) is 0 Å². The zero-order valence-corrected chi connectivity index (χ0v) is 5.76. The molecule has 1 amide bonds. The van der Waals surface area contributed by atoms with Gasteiger partial charge in [0, 0.05) is 6.42 Å². The Kier molecular flexibility index (Phi) is 12.1. The minimum Gasteiger partial charge on any atom is -0.369 e. The first-order valence-electron chi connectivity index (χ1n) is 2.65. The Bertz CT molecular complexity index is 97.1. The van der Waals surface area contributed by atoms with E-state index in [0.29, 0.717) is 0 Å². The first-order valence-corrected chi connectivity index (χ1v) is 2.65. The fourth-order valence-corrected chi connectivity index (χ4v) is 0.142. The highest BCUT2D eigenvalue weighted by molar-refractivity contribution is 5.75. The highest BCUT2D eigenvalue weighted by Crippen LogP contribution is 1.71. The lowest BCUT2D eigenvalue weighted by atomic mass is 10.4. The van der Waals surface area contributed by atoms with Crippen LogP contribution in [0.25, 0.3) is 0 Å². The van der Waals surface area contributed by atoms with Crippen LogP contribution in [0.1, 0.15) is 13.3 Å². The molecule has 2 heteroatoms. The van der Waals surface area contributed by atoms with E-state index in [9.17, 15) is 4.79 Å². The third-order valence-corrected chi connectivity index (χ3v) is 0.346. The average molecular weight is 127 g/mol. The van der Waals surface area contributed by atoms with Gasteiger partial charge in [-0.3, -0.25) is 4.79 Å². The third kappa shape index (κ3) is 44.8. The maximum absolute atomic E-state index is 9.75. The summed E-state index contributed by atoms with van der Waals surface area (Å²) in [5.41, 5.74) is 4.69. The van der Waals surface area contributed by atoms with E-state index in [1.54, 1.807) is 6.08 Å². The highest BCUT2D eigenvalue weighted by atomic mass is 16.1. The van der Waals surface area contributed by atoms with Gasteiger partial charge in [0.1, 0.15) is 0 Å². The Morgan fingerprint density at radius 3 is 2.00 bits per heavy atom. The molecule has 9 heavy (non-hydrogen) atoms. The number of allylic oxidation sites excluding steroid dienone is 1. The fourth-order valence-electron chi connectivity index (χ4n) is 0.142. The van der Waals surface area contributed by atoms with Crippen molar-refractivity contribution < 1.29 is 4.79 Å². The molecule has 0 aromatic carbocycles. The van der Waals surface area contributed by atoms with Crippen molar-refractivity contribution in [3.8, 4) is 0 Å². The van der Waals surface area contributed by atoms with Crippen LogP contribution < -0.4 is 5.73 Å². The Labute approximate surface area is 56.1 Å². The molecule has 0 saturated heterocycles. The second-order valence-corrected chi connectivity index (χ2v) is 1.37. The van der Waals surface area contributed by atoms with E-state index in [2.05, 4.69) is 13.2 Å². The molecule has 0 aromatic rings. The molecule has 0 rings (SSSR count). The first-order chi connectivity index (χ1) is 4.18. The molecule has 2 nitrogen and oxygen atoms in total. The first kappa shape index (κ1) is 10.8. The zero-order chi connectivity index (χ0) is 7.70. The van der Waals surface area contributed by atoms with Crippen LogP contribution in [-0.2, 0) is 4.79 Å². The van der Waals surface area contributed by atoms with Crippen LogP contribution in [0.3, 0.4) is 0 Å². The molecule has 0 spiro atoms. The number of nitrogens with two attached hydrogens (primary N) is 1. The lowest BCUT2D eigenvalue weighted by Gasteiger charge is -1.76. The van der Waals surface area contributed by atoms with Crippen molar-refractivity contribution in [1.29, 1.82) is 0 Å². The summed E-state index contributed by atoms with van der Waals surface area (Å²) in [6.45, 7) is 8.55. The van der Waals surface area contributed by atoms with E-state index in [1.165, 1.54) is 6.08 Å². The molecule has 0 unspecified atom stereocenters. The number of rotatable bonds is 2. The average Bonchev–Trinajstić information content (AvgIpc) is 1.67. The van der Waals surface area contributed by atoms with Gasteiger partial charge in [-0.15, -0.1) is 13.2 Å². The number of hydrogen-bond donors (Lipinski definition) is 1. The second kappa shape index (κ2) is 10.0. The summed E-state index contributed by atoms with van der Waals surface area (Å²) < 4.78 is 0. The third-order valence-electron chi connectivity index (χ3n) is 0.346. The number of hydrogen-bond acceptors (Lipinski definition) is 1. The molecule has 0 radical (unpaired) electrons. The monoisotopic (exact) mass is 127 g/mol. The van der Waals surface area contributed by atoms with Crippen molar-refractivity contribution in [2.45, 2.75) is 13.3 Å². The van der Waals surface area contributed by atoms with E-state index in [-0.39, 0.29) is 12.3 Å². The van der Waals surface area contributed by atoms with Crippen molar-refractivity contribution >= 4 is 5.91 Å². The minimum atomic E-state index is -0.329. The predicted molar refractivity (Wildman–Crippen MR) is 39.9 cm³/mol. The fraction of sp³-hybridized carbons (Fsp3) is 0.286. The summed E-state index contributed by atoms with van der Waals surface area (Å²) >= 11 is 0. The summed E-state index contributed by atoms with van der Waals surface area (Å²) in [5, 5.41) is 0. The Balaban J connectivity index is 0. The summed E-state index contributed by atoms with van der Waals surface area (Å²) in [6.07, 6.45) is 3.50. The Hall–Kier alpha value is -1.05. The molecule has 2 N–H and O–H groups in total. The number of carbonyl (C=O) groups is 1. The molecule has 0 aliphatic heterocycles. The molecule has 0 fully saturated rings. The molecule has 0 heterocycles. The summed E-state index contributed by atoms with van der Waals surface area (Å²) in [4.78, 5) is 9.75.